The Morgan fingerprint density at radius 1 is 1.03 bits per heavy atom. The van der Waals surface area contributed by atoms with E-state index in [4.69, 9.17) is 23.2 Å². The molecule has 1 amide bonds. The van der Waals surface area contributed by atoms with Crippen LogP contribution in [0.2, 0.25) is 10.0 Å². The van der Waals surface area contributed by atoms with Crippen LogP contribution in [0.5, 0.6) is 0 Å². The van der Waals surface area contributed by atoms with Crippen molar-refractivity contribution in [3.8, 4) is 0 Å². The molecule has 6 heteroatoms. The van der Waals surface area contributed by atoms with Crippen molar-refractivity contribution in [2.75, 3.05) is 16.8 Å². The largest absolute Gasteiger partial charge is 0.364 e. The lowest BCUT2D eigenvalue weighted by Gasteiger charge is -2.31. The van der Waals surface area contributed by atoms with E-state index in [1.165, 1.54) is 11.4 Å². The maximum Gasteiger partial charge on any atom is 0.224 e. The van der Waals surface area contributed by atoms with Crippen molar-refractivity contribution >= 4 is 40.5 Å². The average Bonchev–Trinajstić information content (AvgIpc) is 3.16. The lowest BCUT2D eigenvalue weighted by Crippen LogP contribution is -2.33. The van der Waals surface area contributed by atoms with Crippen LogP contribution >= 0.6 is 23.2 Å². The summed E-state index contributed by atoms with van der Waals surface area (Å²) in [5.41, 5.74) is 6.53. The van der Waals surface area contributed by atoms with Crippen LogP contribution in [0.1, 0.15) is 28.8 Å². The van der Waals surface area contributed by atoms with Gasteiger partial charge in [0.15, 0.2) is 0 Å². The summed E-state index contributed by atoms with van der Waals surface area (Å²) in [5, 5.41) is 4.27. The SMILES string of the molecule is Cc1cc(N2CCn3cccc3C2)cc(C)c1NC(=O)CCc1cc(Cl)cc(Cl)c1. The molecule has 4 nitrogen and oxygen atoms in total. The first-order valence-corrected chi connectivity index (χ1v) is 10.9. The number of anilines is 2. The molecule has 0 unspecified atom stereocenters. The molecule has 0 saturated carbocycles. The van der Waals surface area contributed by atoms with E-state index in [-0.39, 0.29) is 5.91 Å². The fourth-order valence-electron chi connectivity index (χ4n) is 4.07. The Morgan fingerprint density at radius 3 is 2.43 bits per heavy atom. The summed E-state index contributed by atoms with van der Waals surface area (Å²) in [7, 11) is 0. The Balaban J connectivity index is 1.42. The number of aryl methyl sites for hydroxylation is 3. The number of nitrogens with zero attached hydrogens (tertiary/aromatic N) is 2. The number of amides is 1. The molecular formula is C24H25Cl2N3O. The Morgan fingerprint density at radius 2 is 1.73 bits per heavy atom. The van der Waals surface area contributed by atoms with Crippen LogP contribution in [0.25, 0.3) is 0 Å². The summed E-state index contributed by atoms with van der Waals surface area (Å²) in [6, 6.07) is 14.0. The van der Waals surface area contributed by atoms with Gasteiger partial charge in [0, 0.05) is 52.8 Å². The summed E-state index contributed by atoms with van der Waals surface area (Å²) >= 11 is 12.1. The molecule has 1 aliphatic rings. The molecule has 0 atom stereocenters. The summed E-state index contributed by atoms with van der Waals surface area (Å²) in [4.78, 5) is 15.0. The summed E-state index contributed by atoms with van der Waals surface area (Å²) in [6.45, 7) is 6.98. The third kappa shape index (κ3) is 4.66. The zero-order valence-corrected chi connectivity index (χ0v) is 18.7. The average molecular weight is 442 g/mol. The second kappa shape index (κ2) is 8.75. The number of nitrogens with one attached hydrogen (secondary N) is 1. The number of rotatable bonds is 5. The second-order valence-electron chi connectivity index (χ2n) is 7.89. The second-order valence-corrected chi connectivity index (χ2v) is 8.77. The normalized spacial score (nSPS) is 13.3. The number of hydrogen-bond donors (Lipinski definition) is 1. The molecule has 2 aromatic carbocycles. The maximum absolute atomic E-state index is 12.6. The number of hydrogen-bond acceptors (Lipinski definition) is 2. The van der Waals surface area contributed by atoms with Gasteiger partial charge in [0.2, 0.25) is 5.91 Å². The van der Waals surface area contributed by atoms with Crippen LogP contribution in [-0.4, -0.2) is 17.0 Å². The molecule has 0 spiro atoms. The van der Waals surface area contributed by atoms with Crippen LogP contribution in [0.15, 0.2) is 48.7 Å². The highest BCUT2D eigenvalue weighted by atomic mass is 35.5. The highest BCUT2D eigenvalue weighted by Crippen LogP contribution is 2.30. The molecular weight excluding hydrogens is 417 g/mol. The minimum absolute atomic E-state index is 0.0131. The fourth-order valence-corrected chi connectivity index (χ4v) is 4.64. The zero-order chi connectivity index (χ0) is 21.3. The molecule has 0 radical (unpaired) electrons. The minimum atomic E-state index is -0.0131. The molecule has 4 rings (SSSR count). The molecule has 3 aromatic rings. The highest BCUT2D eigenvalue weighted by molar-refractivity contribution is 6.34. The van der Waals surface area contributed by atoms with Crippen molar-refractivity contribution in [1.29, 1.82) is 0 Å². The predicted molar refractivity (Wildman–Crippen MR) is 125 cm³/mol. The van der Waals surface area contributed by atoms with Gasteiger partial charge in [-0.3, -0.25) is 4.79 Å². The van der Waals surface area contributed by atoms with Gasteiger partial charge in [0.25, 0.3) is 0 Å². The first kappa shape index (κ1) is 20.8. The molecule has 0 aliphatic carbocycles. The molecule has 30 heavy (non-hydrogen) atoms. The Kier molecular flexibility index (Phi) is 6.07. The van der Waals surface area contributed by atoms with E-state index in [1.54, 1.807) is 6.07 Å². The zero-order valence-electron chi connectivity index (χ0n) is 17.2. The lowest BCUT2D eigenvalue weighted by molar-refractivity contribution is -0.116. The van der Waals surface area contributed by atoms with Crippen molar-refractivity contribution in [2.45, 2.75) is 39.8 Å². The third-order valence-corrected chi connectivity index (χ3v) is 6.03. The lowest BCUT2D eigenvalue weighted by atomic mass is 10.1. The number of fused-ring (bicyclic) bond motifs is 1. The van der Waals surface area contributed by atoms with Crippen molar-refractivity contribution in [2.24, 2.45) is 0 Å². The van der Waals surface area contributed by atoms with Crippen molar-refractivity contribution < 1.29 is 4.79 Å². The minimum Gasteiger partial charge on any atom is -0.364 e. The van der Waals surface area contributed by atoms with Crippen LogP contribution < -0.4 is 10.2 Å². The van der Waals surface area contributed by atoms with E-state index in [0.717, 1.165) is 42.0 Å². The highest BCUT2D eigenvalue weighted by Gasteiger charge is 2.18. The monoisotopic (exact) mass is 441 g/mol. The molecule has 1 aromatic heterocycles. The molecule has 1 aliphatic heterocycles. The topological polar surface area (TPSA) is 37.3 Å². The van der Waals surface area contributed by atoms with E-state index in [1.807, 2.05) is 12.1 Å². The van der Waals surface area contributed by atoms with Crippen LogP contribution in [-0.2, 0) is 24.3 Å². The van der Waals surface area contributed by atoms with E-state index < -0.39 is 0 Å². The van der Waals surface area contributed by atoms with Gasteiger partial charge < -0.3 is 14.8 Å². The van der Waals surface area contributed by atoms with Gasteiger partial charge in [-0.05, 0) is 79.4 Å². The van der Waals surface area contributed by atoms with Crippen molar-refractivity contribution in [1.82, 2.24) is 4.57 Å². The first-order chi connectivity index (χ1) is 14.4. The quantitative estimate of drug-likeness (QED) is 0.526. The summed E-state index contributed by atoms with van der Waals surface area (Å²) in [6.07, 6.45) is 3.11. The molecule has 0 fully saturated rings. The van der Waals surface area contributed by atoms with Gasteiger partial charge in [-0.25, -0.2) is 0 Å². The first-order valence-electron chi connectivity index (χ1n) is 10.1. The summed E-state index contributed by atoms with van der Waals surface area (Å²) in [5.74, 6) is -0.0131. The van der Waals surface area contributed by atoms with Gasteiger partial charge in [-0.1, -0.05) is 23.2 Å². The number of halogens is 2. The van der Waals surface area contributed by atoms with Crippen LogP contribution in [0.4, 0.5) is 11.4 Å². The van der Waals surface area contributed by atoms with Gasteiger partial charge in [0.1, 0.15) is 0 Å². The van der Waals surface area contributed by atoms with E-state index in [0.29, 0.717) is 22.9 Å². The van der Waals surface area contributed by atoms with E-state index in [2.05, 4.69) is 59.1 Å². The van der Waals surface area contributed by atoms with Crippen LogP contribution in [0.3, 0.4) is 0 Å². The molecule has 1 N–H and O–H groups in total. The van der Waals surface area contributed by atoms with Gasteiger partial charge in [-0.15, -0.1) is 0 Å². The van der Waals surface area contributed by atoms with Gasteiger partial charge >= 0.3 is 0 Å². The number of carbonyl (C=O) groups excluding carboxylic acids is 1. The molecule has 0 saturated heterocycles. The number of benzene rings is 2. The van der Waals surface area contributed by atoms with Gasteiger partial charge in [-0.2, -0.15) is 0 Å². The standard InChI is InChI=1S/C24H25Cl2N3O/c1-16-10-22(29-9-8-28-7-3-4-21(28)15-29)11-17(2)24(16)27-23(30)6-5-18-12-19(25)14-20(26)13-18/h3-4,7,10-14H,5-6,8-9,15H2,1-2H3,(H,27,30). The third-order valence-electron chi connectivity index (χ3n) is 5.60. The van der Waals surface area contributed by atoms with Crippen molar-refractivity contribution in [3.05, 3.63) is 81.1 Å². The Labute approximate surface area is 187 Å². The molecule has 156 valence electrons. The Bertz CT molecular complexity index is 1050. The summed E-state index contributed by atoms with van der Waals surface area (Å²) < 4.78 is 2.30. The molecule has 2 heterocycles. The smallest absolute Gasteiger partial charge is 0.224 e. The maximum atomic E-state index is 12.6. The fraction of sp³-hybridized carbons (Fsp3) is 0.292. The van der Waals surface area contributed by atoms with Crippen molar-refractivity contribution in [3.63, 3.8) is 0 Å². The Hall–Kier alpha value is -2.43. The van der Waals surface area contributed by atoms with Crippen LogP contribution in [0, 0.1) is 13.8 Å². The van der Waals surface area contributed by atoms with Gasteiger partial charge in [0.05, 0.1) is 6.54 Å². The van der Waals surface area contributed by atoms with E-state index in [9.17, 15) is 4.79 Å². The number of aromatic nitrogens is 1. The number of carbonyl (C=O) groups is 1. The van der Waals surface area contributed by atoms with E-state index >= 15 is 0 Å². The molecule has 0 bridgehead atoms. The predicted octanol–water partition coefficient (Wildman–Crippen LogP) is 6.00.